The smallest absolute Gasteiger partial charge is 0.229 e. The van der Waals surface area contributed by atoms with Gasteiger partial charge in [0, 0.05) is 18.4 Å². The molecule has 0 spiro atoms. The number of nitrogens with one attached hydrogen (secondary N) is 1. The Balaban J connectivity index is 2.19. The molecule has 126 valence electrons. The van der Waals surface area contributed by atoms with Gasteiger partial charge in [-0.3, -0.25) is 9.59 Å². The summed E-state index contributed by atoms with van der Waals surface area (Å²) in [6.07, 6.45) is 0.145. The van der Waals surface area contributed by atoms with E-state index in [1.54, 1.807) is 19.2 Å². The van der Waals surface area contributed by atoms with Crippen LogP contribution in [0.4, 0.5) is 5.69 Å². The van der Waals surface area contributed by atoms with Crippen molar-refractivity contribution in [3.8, 4) is 0 Å². The van der Waals surface area contributed by atoms with Crippen LogP contribution in [0, 0.1) is 0 Å². The molecule has 0 aliphatic heterocycles. The summed E-state index contributed by atoms with van der Waals surface area (Å²) in [5.41, 5.74) is 1.51. The Hall–Kier alpha value is -1.85. The molecule has 1 atom stereocenters. The number of nitrogens with zero attached hydrogens (tertiary/aromatic N) is 1. The molecule has 4 nitrogen and oxygen atoms in total. The minimum Gasteiger partial charge on any atom is -0.349 e. The van der Waals surface area contributed by atoms with Crippen molar-refractivity contribution >= 4 is 45.0 Å². The van der Waals surface area contributed by atoms with E-state index in [4.69, 9.17) is 11.6 Å². The first-order valence-corrected chi connectivity index (χ1v) is 8.59. The van der Waals surface area contributed by atoms with Crippen LogP contribution in [0.3, 0.4) is 0 Å². The van der Waals surface area contributed by atoms with Crippen molar-refractivity contribution in [2.45, 2.75) is 19.4 Å². The number of rotatable bonds is 5. The van der Waals surface area contributed by atoms with E-state index in [0.29, 0.717) is 10.7 Å². The maximum atomic E-state index is 12.7. The molecule has 0 bridgehead atoms. The number of carbonyl (C=O) groups is 2. The summed E-state index contributed by atoms with van der Waals surface area (Å²) in [4.78, 5) is 25.6. The van der Waals surface area contributed by atoms with Gasteiger partial charge in [-0.25, -0.2) is 0 Å². The van der Waals surface area contributed by atoms with Gasteiger partial charge >= 0.3 is 0 Å². The zero-order chi connectivity index (χ0) is 17.7. The predicted molar refractivity (Wildman–Crippen MR) is 100 cm³/mol. The Morgan fingerprint density at radius 3 is 2.46 bits per heavy atom. The van der Waals surface area contributed by atoms with Crippen molar-refractivity contribution < 1.29 is 9.59 Å². The fraction of sp³-hybridized carbons (Fsp3) is 0.222. The maximum Gasteiger partial charge on any atom is 0.229 e. The van der Waals surface area contributed by atoms with E-state index < -0.39 is 0 Å². The summed E-state index contributed by atoms with van der Waals surface area (Å²) >= 11 is 9.56. The highest BCUT2D eigenvalue weighted by Crippen LogP contribution is 2.29. The lowest BCUT2D eigenvalue weighted by molar-refractivity contribution is -0.121. The summed E-state index contributed by atoms with van der Waals surface area (Å²) in [5, 5.41) is 3.31. The Labute approximate surface area is 154 Å². The Morgan fingerprint density at radius 2 is 1.88 bits per heavy atom. The van der Waals surface area contributed by atoms with Crippen LogP contribution < -0.4 is 10.2 Å². The molecular formula is C18H18BrClN2O2. The highest BCUT2D eigenvalue weighted by Gasteiger charge is 2.21. The third-order valence-electron chi connectivity index (χ3n) is 3.60. The van der Waals surface area contributed by atoms with Crippen LogP contribution in [0.25, 0.3) is 0 Å². The molecule has 2 amide bonds. The van der Waals surface area contributed by atoms with Gasteiger partial charge in [0.1, 0.15) is 0 Å². The number of hydrogen-bond acceptors (Lipinski definition) is 2. The largest absolute Gasteiger partial charge is 0.349 e. The Bertz CT molecular complexity index is 737. The van der Waals surface area contributed by atoms with Crippen LogP contribution in [0.2, 0.25) is 5.02 Å². The highest BCUT2D eigenvalue weighted by atomic mass is 79.9. The van der Waals surface area contributed by atoms with Crippen LogP contribution >= 0.6 is 27.5 Å². The first kappa shape index (κ1) is 18.5. The van der Waals surface area contributed by atoms with Gasteiger partial charge in [-0.05, 0) is 23.8 Å². The van der Waals surface area contributed by atoms with Gasteiger partial charge in [-0.1, -0.05) is 57.9 Å². The van der Waals surface area contributed by atoms with E-state index in [1.807, 2.05) is 36.4 Å². The van der Waals surface area contributed by atoms with Gasteiger partial charge in [0.25, 0.3) is 0 Å². The van der Waals surface area contributed by atoms with Crippen LogP contribution in [0.15, 0.2) is 53.0 Å². The standard InChI is InChI=1S/C18H18BrClN2O2/c1-12(23)21-16(13-6-4-3-5-7-13)11-18(24)22(2)17-9-8-14(19)10-15(17)20/h3-10,16H,11H2,1-2H3,(H,21,23). The number of hydrogen-bond donors (Lipinski definition) is 1. The summed E-state index contributed by atoms with van der Waals surface area (Å²) < 4.78 is 0.845. The third-order valence-corrected chi connectivity index (χ3v) is 4.40. The van der Waals surface area contributed by atoms with Gasteiger partial charge in [0.05, 0.1) is 23.2 Å². The lowest BCUT2D eigenvalue weighted by atomic mass is 10.0. The van der Waals surface area contributed by atoms with Crippen LogP contribution in [-0.4, -0.2) is 18.9 Å². The number of halogens is 2. The van der Waals surface area contributed by atoms with Crippen molar-refractivity contribution in [3.05, 3.63) is 63.6 Å². The van der Waals surface area contributed by atoms with Gasteiger partial charge < -0.3 is 10.2 Å². The molecule has 2 aromatic rings. The summed E-state index contributed by atoms with van der Waals surface area (Å²) in [6.45, 7) is 1.44. The fourth-order valence-electron chi connectivity index (χ4n) is 2.38. The minimum absolute atomic E-state index is 0.137. The van der Waals surface area contributed by atoms with Crippen LogP contribution in [0.5, 0.6) is 0 Å². The number of benzene rings is 2. The SMILES string of the molecule is CC(=O)NC(CC(=O)N(C)c1ccc(Br)cc1Cl)c1ccccc1. The van der Waals surface area contributed by atoms with Gasteiger partial charge in [0.15, 0.2) is 0 Å². The van der Waals surface area contributed by atoms with E-state index >= 15 is 0 Å². The van der Waals surface area contributed by atoms with Gasteiger partial charge in [-0.15, -0.1) is 0 Å². The first-order valence-electron chi connectivity index (χ1n) is 7.42. The van der Waals surface area contributed by atoms with Crippen molar-refractivity contribution in [1.29, 1.82) is 0 Å². The molecule has 0 heterocycles. The third kappa shape index (κ3) is 4.82. The summed E-state index contributed by atoms with van der Waals surface area (Å²) in [6, 6.07) is 14.4. The summed E-state index contributed by atoms with van der Waals surface area (Å²) in [7, 11) is 1.67. The minimum atomic E-state index is -0.382. The Kier molecular flexibility index (Phi) is 6.40. The lowest BCUT2D eigenvalue weighted by Crippen LogP contribution is -2.33. The first-order chi connectivity index (χ1) is 11.4. The molecule has 6 heteroatoms. The molecule has 2 aromatic carbocycles. The molecule has 0 aliphatic rings. The zero-order valence-electron chi connectivity index (χ0n) is 13.4. The second-order valence-electron chi connectivity index (χ2n) is 5.42. The van der Waals surface area contributed by atoms with Gasteiger partial charge in [-0.2, -0.15) is 0 Å². The number of amides is 2. The monoisotopic (exact) mass is 408 g/mol. The van der Waals surface area contributed by atoms with Gasteiger partial charge in [0.2, 0.25) is 11.8 Å². The van der Waals surface area contributed by atoms with E-state index in [2.05, 4.69) is 21.2 Å². The Morgan fingerprint density at radius 1 is 1.21 bits per heavy atom. The van der Waals surface area contributed by atoms with E-state index in [-0.39, 0.29) is 24.3 Å². The molecule has 0 saturated carbocycles. The molecule has 0 radical (unpaired) electrons. The molecular weight excluding hydrogens is 392 g/mol. The normalized spacial score (nSPS) is 11.7. The molecule has 1 unspecified atom stereocenters. The highest BCUT2D eigenvalue weighted by molar-refractivity contribution is 9.10. The topological polar surface area (TPSA) is 49.4 Å². The molecule has 0 saturated heterocycles. The van der Waals surface area contributed by atoms with Crippen molar-refractivity contribution in [1.82, 2.24) is 5.32 Å². The van der Waals surface area contributed by atoms with Crippen molar-refractivity contribution in [2.24, 2.45) is 0 Å². The number of anilines is 1. The second-order valence-corrected chi connectivity index (χ2v) is 6.74. The maximum absolute atomic E-state index is 12.7. The molecule has 0 aliphatic carbocycles. The fourth-order valence-corrected chi connectivity index (χ4v) is 3.18. The molecule has 1 N–H and O–H groups in total. The second kappa shape index (κ2) is 8.31. The zero-order valence-corrected chi connectivity index (χ0v) is 15.8. The molecule has 24 heavy (non-hydrogen) atoms. The molecule has 0 fully saturated rings. The van der Waals surface area contributed by atoms with Crippen molar-refractivity contribution in [3.63, 3.8) is 0 Å². The van der Waals surface area contributed by atoms with E-state index in [1.165, 1.54) is 11.8 Å². The molecule has 2 rings (SSSR count). The summed E-state index contributed by atoms with van der Waals surface area (Å²) in [5.74, 6) is -0.317. The number of carbonyl (C=O) groups excluding carboxylic acids is 2. The van der Waals surface area contributed by atoms with E-state index in [9.17, 15) is 9.59 Å². The average molecular weight is 410 g/mol. The van der Waals surface area contributed by atoms with Crippen LogP contribution in [0.1, 0.15) is 24.9 Å². The quantitative estimate of drug-likeness (QED) is 0.799. The lowest BCUT2D eigenvalue weighted by Gasteiger charge is -2.23. The van der Waals surface area contributed by atoms with Crippen molar-refractivity contribution in [2.75, 3.05) is 11.9 Å². The molecule has 0 aromatic heterocycles. The predicted octanol–water partition coefficient (Wildman–Crippen LogP) is 4.33. The average Bonchev–Trinajstić information content (AvgIpc) is 2.54. The van der Waals surface area contributed by atoms with E-state index in [0.717, 1.165) is 10.0 Å². The van der Waals surface area contributed by atoms with Crippen LogP contribution in [-0.2, 0) is 9.59 Å².